The molecule has 0 unspecified atom stereocenters. The second kappa shape index (κ2) is 18.3. The number of rotatable bonds is 12. The Morgan fingerprint density at radius 2 is 1.62 bits per heavy atom. The van der Waals surface area contributed by atoms with Gasteiger partial charge in [0.15, 0.2) is 0 Å². The average molecular weight is 884 g/mol. The predicted octanol–water partition coefficient (Wildman–Crippen LogP) is 5.80. The van der Waals surface area contributed by atoms with E-state index < -0.39 is 53.8 Å². The van der Waals surface area contributed by atoms with Crippen LogP contribution >= 0.6 is 0 Å². The van der Waals surface area contributed by atoms with Crippen LogP contribution in [0.15, 0.2) is 89.7 Å². The Bertz CT molecular complexity index is 2680. The lowest BCUT2D eigenvalue weighted by molar-refractivity contribution is -0.192. The molecule has 0 fully saturated rings. The van der Waals surface area contributed by atoms with Gasteiger partial charge in [-0.15, -0.1) is 0 Å². The van der Waals surface area contributed by atoms with Crippen LogP contribution < -0.4 is 21.9 Å². The molecule has 0 bridgehead atoms. The van der Waals surface area contributed by atoms with Crippen molar-refractivity contribution in [2.45, 2.75) is 82.5 Å². The first-order valence-corrected chi connectivity index (χ1v) is 20.5. The maximum Gasteiger partial charge on any atom is 0.490 e. The molecule has 15 nitrogen and oxygen atoms in total. The maximum atomic E-state index is 13.8. The minimum atomic E-state index is -5.08. The Morgan fingerprint density at radius 3 is 2.28 bits per heavy atom. The molecule has 2 aromatic heterocycles. The number of aromatic nitrogens is 2. The number of unbranched alkanes of at least 4 members (excludes halogenated alkanes) is 1. The number of ether oxygens (including phenoxy) is 3. The molecule has 64 heavy (non-hydrogen) atoms. The summed E-state index contributed by atoms with van der Waals surface area (Å²) in [6.45, 7) is 3.68. The number of carboxylic acid groups (broad SMARTS) is 1. The SMILES string of the molecule is CC[C@@]1(OC(=O)[C@H](C)NC(=O)[C@@H](N)CCCCNC(=O)OCC2c3ccccc3-c3ccccc32)C(=O)OCc2c1cc1n(c2=O)Cc2cc3ccccc3nc2-1.O=C(O)C(F)(F)F. The molecule has 0 radical (unpaired) electrons. The fraction of sp³-hybridized carbons (Fsp3) is 0.326. The Labute approximate surface area is 363 Å². The molecular weight excluding hydrogens is 840 g/mol. The van der Waals surface area contributed by atoms with Gasteiger partial charge in [0.1, 0.15) is 19.3 Å². The summed E-state index contributed by atoms with van der Waals surface area (Å²) in [6.07, 6.45) is -4.27. The monoisotopic (exact) mass is 883 g/mol. The van der Waals surface area contributed by atoms with E-state index in [-0.39, 0.29) is 42.2 Å². The van der Waals surface area contributed by atoms with Gasteiger partial charge in [-0.2, -0.15) is 13.2 Å². The molecule has 2 amide bonds. The number of fused-ring (bicyclic) bond motifs is 8. The largest absolute Gasteiger partial charge is 0.490 e. The first kappa shape index (κ1) is 45.0. The highest BCUT2D eigenvalue weighted by molar-refractivity contribution is 5.91. The normalized spacial score (nSPS) is 16.6. The minimum Gasteiger partial charge on any atom is -0.475 e. The zero-order valence-electron chi connectivity index (χ0n) is 34.7. The molecule has 4 heterocycles. The number of para-hydroxylation sites is 1. The highest BCUT2D eigenvalue weighted by Crippen LogP contribution is 2.45. The third-order valence-corrected chi connectivity index (χ3v) is 11.5. The zero-order valence-corrected chi connectivity index (χ0v) is 34.7. The number of pyridine rings is 2. The molecule has 0 spiro atoms. The molecule has 5 aromatic rings. The summed E-state index contributed by atoms with van der Waals surface area (Å²) in [7, 11) is 0. The fourth-order valence-electron chi connectivity index (χ4n) is 8.18. The lowest BCUT2D eigenvalue weighted by atomic mass is 9.85. The first-order valence-electron chi connectivity index (χ1n) is 20.5. The summed E-state index contributed by atoms with van der Waals surface area (Å²) in [5.41, 5.74) is 11.7. The molecule has 8 rings (SSSR count). The van der Waals surface area contributed by atoms with Crippen molar-refractivity contribution in [3.63, 3.8) is 0 Å². The van der Waals surface area contributed by atoms with E-state index in [1.807, 2.05) is 54.6 Å². The quantitative estimate of drug-likeness (QED) is 0.0651. The van der Waals surface area contributed by atoms with Crippen LogP contribution in [-0.2, 0) is 52.1 Å². The van der Waals surface area contributed by atoms with E-state index in [4.69, 9.17) is 34.8 Å². The van der Waals surface area contributed by atoms with Crippen molar-refractivity contribution in [1.29, 1.82) is 0 Å². The van der Waals surface area contributed by atoms with Gasteiger partial charge in [0, 0.05) is 29.0 Å². The number of carboxylic acids is 1. The van der Waals surface area contributed by atoms with Crippen molar-refractivity contribution in [2.24, 2.45) is 5.73 Å². The highest BCUT2D eigenvalue weighted by Gasteiger charge is 2.51. The number of alkyl carbamates (subject to hydrolysis) is 1. The van der Waals surface area contributed by atoms with Crippen LogP contribution in [0.3, 0.4) is 0 Å². The van der Waals surface area contributed by atoms with E-state index in [1.54, 1.807) is 17.6 Å². The van der Waals surface area contributed by atoms with Gasteiger partial charge in [0.25, 0.3) is 5.56 Å². The first-order chi connectivity index (χ1) is 30.5. The van der Waals surface area contributed by atoms with E-state index >= 15 is 0 Å². The number of halogens is 3. The molecule has 2 aliphatic heterocycles. The van der Waals surface area contributed by atoms with Gasteiger partial charge in [-0.1, -0.05) is 73.7 Å². The van der Waals surface area contributed by atoms with E-state index in [2.05, 4.69) is 34.9 Å². The highest BCUT2D eigenvalue weighted by atomic mass is 19.4. The number of amides is 2. The number of alkyl halides is 3. The van der Waals surface area contributed by atoms with Crippen LogP contribution in [0, 0.1) is 0 Å². The number of cyclic esters (lactones) is 1. The van der Waals surface area contributed by atoms with Gasteiger partial charge in [-0.25, -0.2) is 24.2 Å². The number of nitrogens with one attached hydrogen (secondary N) is 2. The van der Waals surface area contributed by atoms with Gasteiger partial charge in [-0.3, -0.25) is 9.59 Å². The smallest absolute Gasteiger partial charge is 0.475 e. The number of nitrogens with two attached hydrogens (primary N) is 1. The fourth-order valence-corrected chi connectivity index (χ4v) is 8.18. The summed E-state index contributed by atoms with van der Waals surface area (Å²) >= 11 is 0. The maximum absolute atomic E-state index is 13.8. The van der Waals surface area contributed by atoms with Crippen molar-refractivity contribution in [3.8, 4) is 22.5 Å². The lowest BCUT2D eigenvalue weighted by Gasteiger charge is -2.36. The molecule has 1 aliphatic carbocycles. The molecule has 3 aliphatic rings. The summed E-state index contributed by atoms with van der Waals surface area (Å²) < 4.78 is 50.3. The standard InChI is InChI=1S/C44H43N5O8.C2HF3O2/c1-3-44(34-21-37-38-27(20-26-12-4-9-18-36(26)48-38)22-49(37)40(51)33(34)24-55-42(44)53)57-41(52)25(2)47-39(50)35(45)17-10-11-19-46-43(54)56-23-32-30-15-7-5-13-28(30)29-14-6-8-16-31(29)32;3-2(4,5)1(6)7/h4-9,12-16,18,20-21,25,32,35H,3,10-11,17,19,22-24,45H2,1-2H3,(H,46,54)(H,47,50);(H,6,7)/t25-,35-,44-;/m0./s1. The molecule has 334 valence electrons. The lowest BCUT2D eigenvalue weighted by Crippen LogP contribution is -2.52. The van der Waals surface area contributed by atoms with Crippen molar-refractivity contribution < 1.29 is 56.5 Å². The van der Waals surface area contributed by atoms with E-state index in [1.165, 1.54) is 6.92 Å². The third kappa shape index (κ3) is 8.90. The summed E-state index contributed by atoms with van der Waals surface area (Å²) in [6, 6.07) is 25.5. The van der Waals surface area contributed by atoms with Gasteiger partial charge < -0.3 is 40.3 Å². The van der Waals surface area contributed by atoms with E-state index in [9.17, 15) is 37.1 Å². The molecule has 5 N–H and O–H groups in total. The second-order valence-corrected chi connectivity index (χ2v) is 15.6. The van der Waals surface area contributed by atoms with Crippen LogP contribution in [0.5, 0.6) is 0 Å². The Balaban J connectivity index is 0.000000809. The molecule has 18 heteroatoms. The number of hydrogen-bond donors (Lipinski definition) is 4. The van der Waals surface area contributed by atoms with Gasteiger partial charge in [0.2, 0.25) is 11.5 Å². The molecule has 0 saturated heterocycles. The van der Waals surface area contributed by atoms with Crippen LogP contribution in [0.25, 0.3) is 33.4 Å². The van der Waals surface area contributed by atoms with Crippen molar-refractivity contribution in [2.75, 3.05) is 13.2 Å². The zero-order chi connectivity index (χ0) is 45.9. The van der Waals surface area contributed by atoms with Crippen LogP contribution in [0.1, 0.15) is 73.3 Å². The number of nitrogens with zero attached hydrogens (tertiary/aromatic N) is 2. The van der Waals surface area contributed by atoms with Crippen LogP contribution in [0.4, 0.5) is 18.0 Å². The number of benzene rings is 3. The van der Waals surface area contributed by atoms with Crippen molar-refractivity contribution in [1.82, 2.24) is 20.2 Å². The average Bonchev–Trinajstić information content (AvgIpc) is 3.80. The topological polar surface area (TPSA) is 218 Å². The van der Waals surface area contributed by atoms with Crippen molar-refractivity contribution >= 4 is 40.8 Å². The minimum absolute atomic E-state index is 0.0181. The molecule has 3 aromatic carbocycles. The second-order valence-electron chi connectivity index (χ2n) is 15.6. The van der Waals surface area contributed by atoms with Crippen LogP contribution in [-0.4, -0.2) is 76.0 Å². The number of esters is 2. The molecule has 3 atom stereocenters. The molecule has 0 saturated carbocycles. The van der Waals surface area contributed by atoms with E-state index in [0.717, 1.165) is 38.7 Å². The molecular formula is C46H44F3N5O10. The van der Waals surface area contributed by atoms with Gasteiger partial charge in [-0.05, 0) is 73.1 Å². The van der Waals surface area contributed by atoms with Crippen LogP contribution in [0.2, 0.25) is 0 Å². The Kier molecular flexibility index (Phi) is 12.9. The summed E-state index contributed by atoms with van der Waals surface area (Å²) in [5.74, 6) is -5.07. The number of hydrogen-bond acceptors (Lipinski definition) is 11. The Hall–Kier alpha value is -7.08. The number of aliphatic carboxylic acids is 1. The van der Waals surface area contributed by atoms with Crippen molar-refractivity contribution in [3.05, 3.63) is 123 Å². The predicted molar refractivity (Wildman–Crippen MR) is 225 cm³/mol. The number of carbonyl (C=O) groups is 5. The summed E-state index contributed by atoms with van der Waals surface area (Å²) in [5, 5.41) is 13.4. The summed E-state index contributed by atoms with van der Waals surface area (Å²) in [4.78, 5) is 80.1. The third-order valence-electron chi connectivity index (χ3n) is 11.5. The van der Waals surface area contributed by atoms with E-state index in [0.29, 0.717) is 43.7 Å². The van der Waals surface area contributed by atoms with Gasteiger partial charge >= 0.3 is 30.2 Å². The Morgan fingerprint density at radius 1 is 0.984 bits per heavy atom. The van der Waals surface area contributed by atoms with Gasteiger partial charge in [0.05, 0.1) is 35.1 Å². The number of carbonyl (C=O) groups excluding carboxylic acids is 4.